The molecule has 4 rings (SSSR count). The zero-order valence-electron chi connectivity index (χ0n) is 17.7. The van der Waals surface area contributed by atoms with Gasteiger partial charge >= 0.3 is 0 Å². The topological polar surface area (TPSA) is 103 Å². The van der Waals surface area contributed by atoms with Crippen molar-refractivity contribution in [3.8, 4) is 17.0 Å². The molecular formula is C23H20N4O4S. The van der Waals surface area contributed by atoms with Crippen LogP contribution in [-0.4, -0.2) is 33.6 Å². The van der Waals surface area contributed by atoms with Crippen molar-refractivity contribution >= 4 is 38.9 Å². The molecule has 162 valence electrons. The molecule has 0 saturated heterocycles. The molecule has 1 N–H and O–H groups in total. The minimum Gasteiger partial charge on any atom is -0.497 e. The number of ether oxygens (including phenoxy) is 1. The Labute approximate surface area is 187 Å². The number of benzene rings is 2. The molecule has 0 aliphatic carbocycles. The van der Waals surface area contributed by atoms with Crippen molar-refractivity contribution in [3.63, 3.8) is 0 Å². The molecular weight excluding hydrogens is 428 g/mol. The number of hydrogen-bond donors (Lipinski definition) is 1. The van der Waals surface area contributed by atoms with Crippen molar-refractivity contribution in [2.45, 2.75) is 20.4 Å². The number of nitrogens with zero attached hydrogens (tertiary/aromatic N) is 3. The summed E-state index contributed by atoms with van der Waals surface area (Å²) in [6, 6.07) is 13.9. The zero-order chi connectivity index (χ0) is 22.8. The molecule has 0 fully saturated rings. The highest BCUT2D eigenvalue weighted by atomic mass is 32.1. The highest BCUT2D eigenvalue weighted by Crippen LogP contribution is 2.31. The Balaban J connectivity index is 1.69. The maximum absolute atomic E-state index is 13.0. The van der Waals surface area contributed by atoms with E-state index in [0.717, 1.165) is 15.3 Å². The lowest BCUT2D eigenvalue weighted by molar-refractivity contribution is -0.117. The van der Waals surface area contributed by atoms with Crippen molar-refractivity contribution in [1.82, 2.24) is 14.8 Å². The van der Waals surface area contributed by atoms with Crippen LogP contribution in [0.4, 0.5) is 5.69 Å². The predicted molar refractivity (Wildman–Crippen MR) is 123 cm³/mol. The third-order valence-electron chi connectivity index (χ3n) is 4.82. The fraction of sp³-hybridized carbons (Fsp3) is 0.174. The Morgan fingerprint density at radius 1 is 1.16 bits per heavy atom. The fourth-order valence-corrected chi connectivity index (χ4v) is 4.17. The number of fused-ring (bicyclic) bond motifs is 1. The van der Waals surface area contributed by atoms with Gasteiger partial charge in [-0.3, -0.25) is 14.4 Å². The Bertz CT molecular complexity index is 1390. The third-order valence-corrected chi connectivity index (χ3v) is 5.80. The predicted octanol–water partition coefficient (Wildman–Crippen LogP) is 3.68. The number of rotatable bonds is 6. The van der Waals surface area contributed by atoms with Gasteiger partial charge in [0.2, 0.25) is 5.91 Å². The lowest BCUT2D eigenvalue weighted by atomic mass is 10.1. The largest absolute Gasteiger partial charge is 0.497 e. The van der Waals surface area contributed by atoms with Gasteiger partial charge in [-0.1, -0.05) is 12.1 Å². The van der Waals surface area contributed by atoms with Crippen LogP contribution in [0.5, 0.6) is 5.75 Å². The molecule has 0 spiro atoms. The van der Waals surface area contributed by atoms with Gasteiger partial charge in [-0.15, -0.1) is 11.3 Å². The summed E-state index contributed by atoms with van der Waals surface area (Å²) in [5, 5.41) is 7.95. The molecule has 4 aromatic rings. The lowest BCUT2D eigenvalue weighted by Gasteiger charge is -2.10. The molecule has 0 atom stereocenters. The van der Waals surface area contributed by atoms with Crippen LogP contribution in [-0.2, 0) is 11.3 Å². The number of carbonyl (C=O) groups excluding carboxylic acids is 2. The molecule has 2 aromatic carbocycles. The van der Waals surface area contributed by atoms with Gasteiger partial charge in [0.1, 0.15) is 18.0 Å². The molecule has 0 aliphatic heterocycles. The standard InChI is InChI=1S/C23H20N4O4S/c1-13(28)15-7-9-17(10-8-15)25-19(29)12-27-23(30)21-22(32-14(2)24-21)20(26-27)16-5-4-6-18(11-16)31-3/h4-11H,12H2,1-3H3,(H,25,29). The Morgan fingerprint density at radius 2 is 1.91 bits per heavy atom. The lowest BCUT2D eigenvalue weighted by Crippen LogP contribution is -2.30. The van der Waals surface area contributed by atoms with Gasteiger partial charge in [-0.05, 0) is 50.2 Å². The van der Waals surface area contributed by atoms with Crippen LogP contribution in [0.15, 0.2) is 53.3 Å². The van der Waals surface area contributed by atoms with Crippen LogP contribution >= 0.6 is 11.3 Å². The van der Waals surface area contributed by atoms with E-state index in [9.17, 15) is 14.4 Å². The first-order valence-electron chi connectivity index (χ1n) is 9.79. The minimum atomic E-state index is -0.432. The van der Waals surface area contributed by atoms with E-state index in [1.165, 1.54) is 18.3 Å². The smallest absolute Gasteiger partial charge is 0.294 e. The average molecular weight is 449 g/mol. The maximum Gasteiger partial charge on any atom is 0.294 e. The van der Waals surface area contributed by atoms with Crippen LogP contribution in [0.3, 0.4) is 0 Å². The van der Waals surface area contributed by atoms with Crippen molar-refractivity contribution in [2.75, 3.05) is 12.4 Å². The number of aryl methyl sites for hydroxylation is 1. The normalized spacial score (nSPS) is 10.8. The monoisotopic (exact) mass is 448 g/mol. The van der Waals surface area contributed by atoms with E-state index < -0.39 is 11.5 Å². The molecule has 0 bridgehead atoms. The van der Waals surface area contributed by atoms with E-state index in [2.05, 4.69) is 15.4 Å². The van der Waals surface area contributed by atoms with E-state index in [-0.39, 0.29) is 17.8 Å². The number of Topliss-reactive ketones (excluding diaryl/α,β-unsaturated/α-hetero) is 1. The van der Waals surface area contributed by atoms with Gasteiger partial charge < -0.3 is 10.1 Å². The Morgan fingerprint density at radius 3 is 2.59 bits per heavy atom. The Kier molecular flexibility index (Phi) is 5.83. The van der Waals surface area contributed by atoms with Crippen LogP contribution in [0.2, 0.25) is 0 Å². The zero-order valence-corrected chi connectivity index (χ0v) is 18.5. The minimum absolute atomic E-state index is 0.0597. The van der Waals surface area contributed by atoms with E-state index in [1.54, 1.807) is 31.4 Å². The molecule has 0 saturated carbocycles. The first-order chi connectivity index (χ1) is 15.4. The van der Waals surface area contributed by atoms with Gasteiger partial charge in [0.05, 0.1) is 16.8 Å². The number of amides is 1. The van der Waals surface area contributed by atoms with Crippen molar-refractivity contribution in [1.29, 1.82) is 0 Å². The van der Waals surface area contributed by atoms with Crippen LogP contribution in [0.25, 0.3) is 21.5 Å². The summed E-state index contributed by atoms with van der Waals surface area (Å²) in [6.07, 6.45) is 0. The number of aromatic nitrogens is 3. The number of nitrogens with one attached hydrogen (secondary N) is 1. The number of anilines is 1. The number of thiazole rings is 1. The summed E-state index contributed by atoms with van der Waals surface area (Å²) in [6.45, 7) is 3.01. The van der Waals surface area contributed by atoms with E-state index >= 15 is 0 Å². The number of methoxy groups -OCH3 is 1. The number of carbonyl (C=O) groups is 2. The number of hydrogen-bond acceptors (Lipinski definition) is 7. The molecule has 2 heterocycles. The summed E-state index contributed by atoms with van der Waals surface area (Å²) < 4.78 is 7.09. The van der Waals surface area contributed by atoms with E-state index in [0.29, 0.717) is 27.4 Å². The SMILES string of the molecule is COc1cccc(-c2nn(CC(=O)Nc3ccc(C(C)=O)cc3)c(=O)c3nc(C)sc23)c1. The second-order valence-electron chi connectivity index (χ2n) is 7.14. The molecule has 8 nitrogen and oxygen atoms in total. The molecule has 2 aromatic heterocycles. The van der Waals surface area contributed by atoms with Gasteiger partial charge in [0, 0.05) is 16.8 Å². The molecule has 0 unspecified atom stereocenters. The van der Waals surface area contributed by atoms with Gasteiger partial charge in [0.25, 0.3) is 5.56 Å². The summed E-state index contributed by atoms with van der Waals surface area (Å²) in [4.78, 5) is 41.4. The quantitative estimate of drug-likeness (QED) is 0.452. The van der Waals surface area contributed by atoms with E-state index in [4.69, 9.17) is 4.74 Å². The van der Waals surface area contributed by atoms with Gasteiger partial charge in [0.15, 0.2) is 11.3 Å². The van der Waals surface area contributed by atoms with Crippen LogP contribution in [0, 0.1) is 6.92 Å². The van der Waals surface area contributed by atoms with Crippen LogP contribution in [0.1, 0.15) is 22.3 Å². The van der Waals surface area contributed by atoms with Crippen molar-refractivity contribution in [3.05, 3.63) is 69.5 Å². The highest BCUT2D eigenvalue weighted by molar-refractivity contribution is 7.19. The van der Waals surface area contributed by atoms with Crippen molar-refractivity contribution in [2.24, 2.45) is 0 Å². The average Bonchev–Trinajstić information content (AvgIpc) is 3.18. The molecule has 32 heavy (non-hydrogen) atoms. The summed E-state index contributed by atoms with van der Waals surface area (Å²) >= 11 is 1.38. The fourth-order valence-electron chi connectivity index (χ4n) is 3.26. The maximum atomic E-state index is 13.0. The highest BCUT2D eigenvalue weighted by Gasteiger charge is 2.18. The molecule has 9 heteroatoms. The molecule has 1 amide bonds. The van der Waals surface area contributed by atoms with Crippen molar-refractivity contribution < 1.29 is 14.3 Å². The summed E-state index contributed by atoms with van der Waals surface area (Å²) in [7, 11) is 1.58. The van der Waals surface area contributed by atoms with Crippen LogP contribution < -0.4 is 15.6 Å². The van der Waals surface area contributed by atoms with E-state index in [1.807, 2.05) is 31.2 Å². The molecule has 0 radical (unpaired) electrons. The first kappa shape index (κ1) is 21.4. The second kappa shape index (κ2) is 8.72. The third kappa shape index (κ3) is 4.28. The summed E-state index contributed by atoms with van der Waals surface area (Å²) in [5.74, 6) is 0.178. The summed E-state index contributed by atoms with van der Waals surface area (Å²) in [5.41, 5.74) is 2.23. The van der Waals surface area contributed by atoms with Gasteiger partial charge in [-0.25, -0.2) is 9.67 Å². The second-order valence-corrected chi connectivity index (χ2v) is 8.34. The molecule has 0 aliphatic rings. The number of ketones is 1. The first-order valence-corrected chi connectivity index (χ1v) is 10.6. The Hall–Kier alpha value is -3.85. The van der Waals surface area contributed by atoms with Gasteiger partial charge in [-0.2, -0.15) is 5.10 Å².